The molecule has 0 amide bonds. The lowest BCUT2D eigenvalue weighted by Crippen LogP contribution is -2.43. The quantitative estimate of drug-likeness (QED) is 0.802. The molecule has 0 aromatic heterocycles. The standard InChI is InChI=1S/C12H23NO2S/c1-2-11(9-10-3-4-10)13-12-5-7-16(14,15)8-6-12/h10-13H,2-9H2,1H3. The van der Waals surface area contributed by atoms with Crippen molar-refractivity contribution in [1.29, 1.82) is 0 Å². The van der Waals surface area contributed by atoms with Crippen LogP contribution in [0.5, 0.6) is 0 Å². The van der Waals surface area contributed by atoms with Crippen molar-refractivity contribution in [3.05, 3.63) is 0 Å². The van der Waals surface area contributed by atoms with Crippen LogP contribution in [0.1, 0.15) is 45.4 Å². The highest BCUT2D eigenvalue weighted by Crippen LogP contribution is 2.34. The van der Waals surface area contributed by atoms with Crippen LogP contribution in [0, 0.1) is 5.92 Å². The predicted octanol–water partition coefficient (Wildman–Crippen LogP) is 1.73. The molecule has 1 aliphatic heterocycles. The number of hydrogen-bond acceptors (Lipinski definition) is 3. The summed E-state index contributed by atoms with van der Waals surface area (Å²) in [4.78, 5) is 0. The maximum absolute atomic E-state index is 11.3. The van der Waals surface area contributed by atoms with Gasteiger partial charge in [0.25, 0.3) is 0 Å². The van der Waals surface area contributed by atoms with Crippen molar-refractivity contribution >= 4 is 9.84 Å². The average molecular weight is 245 g/mol. The van der Waals surface area contributed by atoms with Gasteiger partial charge in [0.2, 0.25) is 0 Å². The topological polar surface area (TPSA) is 46.2 Å². The monoisotopic (exact) mass is 245 g/mol. The fraction of sp³-hybridized carbons (Fsp3) is 1.00. The average Bonchev–Trinajstić information content (AvgIpc) is 3.04. The molecule has 1 saturated carbocycles. The summed E-state index contributed by atoms with van der Waals surface area (Å²) >= 11 is 0. The van der Waals surface area contributed by atoms with Crippen molar-refractivity contribution in [2.75, 3.05) is 11.5 Å². The van der Waals surface area contributed by atoms with Crippen LogP contribution in [0.25, 0.3) is 0 Å². The van der Waals surface area contributed by atoms with Gasteiger partial charge < -0.3 is 5.32 Å². The molecule has 0 bridgehead atoms. The van der Waals surface area contributed by atoms with E-state index in [4.69, 9.17) is 0 Å². The molecule has 3 nitrogen and oxygen atoms in total. The van der Waals surface area contributed by atoms with E-state index in [-0.39, 0.29) is 0 Å². The Labute approximate surface area is 98.9 Å². The Hall–Kier alpha value is -0.0900. The summed E-state index contributed by atoms with van der Waals surface area (Å²) in [6.45, 7) is 2.22. The minimum atomic E-state index is -2.71. The first-order valence-corrected chi connectivity index (χ1v) is 8.37. The van der Waals surface area contributed by atoms with Crippen LogP contribution in [0.3, 0.4) is 0 Å². The Morgan fingerprint density at radius 2 is 1.81 bits per heavy atom. The van der Waals surface area contributed by atoms with E-state index < -0.39 is 9.84 Å². The van der Waals surface area contributed by atoms with Gasteiger partial charge in [-0.15, -0.1) is 0 Å². The van der Waals surface area contributed by atoms with E-state index in [9.17, 15) is 8.42 Å². The van der Waals surface area contributed by atoms with Crippen LogP contribution >= 0.6 is 0 Å². The molecule has 0 radical (unpaired) electrons. The van der Waals surface area contributed by atoms with E-state index in [1.54, 1.807) is 0 Å². The number of rotatable bonds is 5. The number of nitrogens with one attached hydrogen (secondary N) is 1. The molecule has 4 heteroatoms. The molecule has 1 heterocycles. The molecular formula is C12H23NO2S. The molecule has 16 heavy (non-hydrogen) atoms. The highest BCUT2D eigenvalue weighted by Gasteiger charge is 2.28. The van der Waals surface area contributed by atoms with Crippen LogP contribution in [0.15, 0.2) is 0 Å². The van der Waals surface area contributed by atoms with Crippen molar-refractivity contribution in [1.82, 2.24) is 5.32 Å². The second-order valence-electron chi connectivity index (χ2n) is 5.38. The lowest BCUT2D eigenvalue weighted by Gasteiger charge is -2.28. The summed E-state index contributed by atoms with van der Waals surface area (Å²) in [7, 11) is -2.71. The van der Waals surface area contributed by atoms with Crippen LogP contribution in [0.2, 0.25) is 0 Å². The first-order chi connectivity index (χ1) is 7.59. The van der Waals surface area contributed by atoms with Gasteiger partial charge in [-0.25, -0.2) is 8.42 Å². The van der Waals surface area contributed by atoms with Gasteiger partial charge in [0, 0.05) is 12.1 Å². The SMILES string of the molecule is CCC(CC1CC1)NC1CCS(=O)(=O)CC1. The molecule has 0 spiro atoms. The van der Waals surface area contributed by atoms with Crippen molar-refractivity contribution in [2.45, 2.75) is 57.5 Å². The first kappa shape index (κ1) is 12.4. The Morgan fingerprint density at radius 1 is 1.19 bits per heavy atom. The normalized spacial score (nSPS) is 27.8. The Morgan fingerprint density at radius 3 is 2.31 bits per heavy atom. The van der Waals surface area contributed by atoms with E-state index in [2.05, 4.69) is 12.2 Å². The molecule has 1 atom stereocenters. The molecule has 1 aliphatic carbocycles. The Bertz CT molecular complexity index is 308. The van der Waals surface area contributed by atoms with E-state index >= 15 is 0 Å². The molecule has 2 aliphatic rings. The Kier molecular flexibility index (Phi) is 3.90. The minimum absolute atomic E-state index is 0.379. The molecule has 1 saturated heterocycles. The third-order valence-electron chi connectivity index (χ3n) is 3.83. The van der Waals surface area contributed by atoms with Crippen LogP contribution in [-0.4, -0.2) is 32.0 Å². The summed E-state index contributed by atoms with van der Waals surface area (Å²) < 4.78 is 22.6. The van der Waals surface area contributed by atoms with Crippen LogP contribution in [0.4, 0.5) is 0 Å². The van der Waals surface area contributed by atoms with Crippen molar-refractivity contribution in [3.8, 4) is 0 Å². The van der Waals surface area contributed by atoms with Gasteiger partial charge in [0.05, 0.1) is 11.5 Å². The molecule has 94 valence electrons. The summed E-state index contributed by atoms with van der Waals surface area (Å²) in [5, 5.41) is 3.65. The fourth-order valence-corrected chi connectivity index (χ4v) is 3.99. The third-order valence-corrected chi connectivity index (χ3v) is 5.55. The first-order valence-electron chi connectivity index (χ1n) is 6.55. The molecule has 0 aromatic rings. The highest BCUT2D eigenvalue weighted by molar-refractivity contribution is 7.91. The molecule has 1 unspecified atom stereocenters. The van der Waals surface area contributed by atoms with Gasteiger partial charge in [-0.05, 0) is 31.6 Å². The van der Waals surface area contributed by atoms with E-state index in [0.717, 1.165) is 18.8 Å². The van der Waals surface area contributed by atoms with Crippen molar-refractivity contribution in [2.24, 2.45) is 5.92 Å². The molecular weight excluding hydrogens is 222 g/mol. The van der Waals surface area contributed by atoms with E-state index in [1.807, 2.05) is 0 Å². The van der Waals surface area contributed by atoms with Crippen molar-refractivity contribution in [3.63, 3.8) is 0 Å². The van der Waals surface area contributed by atoms with Crippen molar-refractivity contribution < 1.29 is 8.42 Å². The number of hydrogen-bond donors (Lipinski definition) is 1. The maximum Gasteiger partial charge on any atom is 0.150 e. The highest BCUT2D eigenvalue weighted by atomic mass is 32.2. The zero-order valence-electron chi connectivity index (χ0n) is 10.1. The summed E-state index contributed by atoms with van der Waals surface area (Å²) in [5.74, 6) is 1.71. The lowest BCUT2D eigenvalue weighted by molar-refractivity contribution is 0.365. The largest absolute Gasteiger partial charge is 0.311 e. The van der Waals surface area contributed by atoms with Crippen LogP contribution < -0.4 is 5.32 Å². The number of sulfone groups is 1. The van der Waals surface area contributed by atoms with E-state index in [1.165, 1.54) is 25.7 Å². The summed E-state index contributed by atoms with van der Waals surface area (Å²) in [5.41, 5.74) is 0. The van der Waals surface area contributed by atoms with Gasteiger partial charge in [0.1, 0.15) is 9.84 Å². The Balaban J connectivity index is 1.75. The van der Waals surface area contributed by atoms with Gasteiger partial charge in [-0.1, -0.05) is 19.8 Å². The molecule has 2 fully saturated rings. The zero-order valence-corrected chi connectivity index (χ0v) is 10.9. The second-order valence-corrected chi connectivity index (χ2v) is 7.68. The smallest absolute Gasteiger partial charge is 0.150 e. The summed E-state index contributed by atoms with van der Waals surface area (Å²) in [6.07, 6.45) is 6.88. The molecule has 0 aromatic carbocycles. The van der Waals surface area contributed by atoms with Gasteiger partial charge in [-0.2, -0.15) is 0 Å². The minimum Gasteiger partial charge on any atom is -0.311 e. The summed E-state index contributed by atoms with van der Waals surface area (Å²) in [6, 6.07) is 1.05. The second kappa shape index (κ2) is 5.05. The van der Waals surface area contributed by atoms with Crippen LogP contribution in [-0.2, 0) is 9.84 Å². The lowest BCUT2D eigenvalue weighted by atomic mass is 10.0. The molecule has 2 rings (SSSR count). The maximum atomic E-state index is 11.3. The third kappa shape index (κ3) is 3.74. The zero-order chi connectivity index (χ0) is 11.6. The van der Waals surface area contributed by atoms with Gasteiger partial charge >= 0.3 is 0 Å². The van der Waals surface area contributed by atoms with E-state index in [0.29, 0.717) is 23.6 Å². The van der Waals surface area contributed by atoms with Gasteiger partial charge in [-0.3, -0.25) is 0 Å². The van der Waals surface area contributed by atoms with Gasteiger partial charge in [0.15, 0.2) is 0 Å². The predicted molar refractivity (Wildman–Crippen MR) is 66.2 cm³/mol. The molecule has 1 N–H and O–H groups in total. The fourth-order valence-electron chi connectivity index (χ4n) is 2.50.